The van der Waals surface area contributed by atoms with Gasteiger partial charge >= 0.3 is 6.61 Å². The SMILES string of the molecule is Cn1nc(NCCCN)c2ccc(C3CCN(C[C@@H]4CCCN4c4cc(S(=O)(=O)N5CCC(Nc6ncc(OC(F)F)cn6)CC5)ccc4C#N)CC3)cc21. The van der Waals surface area contributed by atoms with Crippen LogP contribution in [-0.4, -0.2) is 108 Å². The van der Waals surface area contributed by atoms with Crippen LogP contribution in [-0.2, 0) is 17.1 Å². The van der Waals surface area contributed by atoms with E-state index in [1.165, 1.54) is 28.3 Å². The van der Waals surface area contributed by atoms with Crippen LogP contribution in [0, 0.1) is 11.3 Å². The molecule has 55 heavy (non-hydrogen) atoms. The fraction of sp³-hybridized carbons (Fsp3) is 0.526. The van der Waals surface area contributed by atoms with Crippen molar-refractivity contribution in [2.45, 2.75) is 74.5 Å². The van der Waals surface area contributed by atoms with Gasteiger partial charge in [-0.1, -0.05) is 6.07 Å². The summed E-state index contributed by atoms with van der Waals surface area (Å²) in [6.07, 6.45) is 8.31. The summed E-state index contributed by atoms with van der Waals surface area (Å²) in [5.74, 6) is 1.48. The number of nitriles is 1. The number of sulfonamides is 1. The number of nitrogens with two attached hydrogens (primary N) is 1. The summed E-state index contributed by atoms with van der Waals surface area (Å²) >= 11 is 0. The van der Waals surface area contributed by atoms with Crippen LogP contribution in [0.3, 0.4) is 0 Å². The van der Waals surface area contributed by atoms with Crippen LogP contribution >= 0.6 is 0 Å². The van der Waals surface area contributed by atoms with Gasteiger partial charge in [-0.05, 0) is 106 Å². The number of alkyl halides is 2. The molecule has 0 spiro atoms. The lowest BCUT2D eigenvalue weighted by Crippen LogP contribution is -2.44. The molecule has 0 unspecified atom stereocenters. The first-order valence-corrected chi connectivity index (χ1v) is 20.5. The van der Waals surface area contributed by atoms with Crippen molar-refractivity contribution in [1.29, 1.82) is 5.26 Å². The van der Waals surface area contributed by atoms with E-state index in [1.54, 1.807) is 12.1 Å². The molecule has 0 aliphatic carbocycles. The third-order valence-electron chi connectivity index (χ3n) is 11.1. The molecule has 4 aromatic rings. The van der Waals surface area contributed by atoms with E-state index in [0.29, 0.717) is 36.6 Å². The normalized spacial score (nSPS) is 19.3. The molecule has 3 aliphatic rings. The Kier molecular flexibility index (Phi) is 12.0. The lowest BCUT2D eigenvalue weighted by molar-refractivity contribution is -0.0503. The largest absolute Gasteiger partial charge is 0.432 e. The van der Waals surface area contributed by atoms with Crippen molar-refractivity contribution in [3.8, 4) is 11.8 Å². The molecule has 0 radical (unpaired) electrons. The first kappa shape index (κ1) is 38.6. The average molecular weight is 778 g/mol. The summed E-state index contributed by atoms with van der Waals surface area (Å²) in [5.41, 5.74) is 9.27. The number of rotatable bonds is 14. The maximum absolute atomic E-state index is 13.9. The molecule has 7 rings (SSSR count). The van der Waals surface area contributed by atoms with Crippen LogP contribution in [0.5, 0.6) is 5.75 Å². The number of ether oxygens (including phenoxy) is 1. The molecule has 14 nitrogen and oxygen atoms in total. The maximum Gasteiger partial charge on any atom is 0.387 e. The number of aromatic nitrogens is 4. The Bertz CT molecular complexity index is 2080. The van der Waals surface area contributed by atoms with Crippen molar-refractivity contribution in [3.63, 3.8) is 0 Å². The van der Waals surface area contributed by atoms with Crippen molar-refractivity contribution < 1.29 is 21.9 Å². The van der Waals surface area contributed by atoms with Crippen LogP contribution < -0.4 is 26.0 Å². The topological polar surface area (TPSA) is 171 Å². The van der Waals surface area contributed by atoms with E-state index in [0.717, 1.165) is 81.5 Å². The molecule has 17 heteroatoms. The Hall–Kier alpha value is -4.63. The highest BCUT2D eigenvalue weighted by atomic mass is 32.2. The van der Waals surface area contributed by atoms with Gasteiger partial charge in [0.25, 0.3) is 0 Å². The standard InChI is InChI=1S/C38H49F2N11O3S/c1-48-35-20-27(6-8-33(35)36(47-48)43-14-3-13-41)26-9-16-49(17-10-26)25-30-4-2-15-51(30)34-21-32(7-5-28(34)22-42)55(52,53)50-18-11-29(12-19-50)46-38-44-23-31(24-45-38)54-37(39)40/h5-8,20-21,23-24,26,29-30,37H,2-4,9-19,25,41H2,1H3,(H,43,47)(H,44,45,46)/t30-/m0/s1. The Balaban J connectivity index is 0.957. The van der Waals surface area contributed by atoms with E-state index >= 15 is 0 Å². The van der Waals surface area contributed by atoms with Crippen LogP contribution in [0.4, 0.5) is 26.2 Å². The molecule has 5 heterocycles. The van der Waals surface area contributed by atoms with E-state index in [9.17, 15) is 22.5 Å². The molecule has 3 aliphatic heterocycles. The fourth-order valence-corrected chi connectivity index (χ4v) is 9.68. The lowest BCUT2D eigenvalue weighted by atomic mass is 9.88. The quantitative estimate of drug-likeness (QED) is 0.151. The van der Waals surface area contributed by atoms with Gasteiger partial charge < -0.3 is 30.9 Å². The highest BCUT2D eigenvalue weighted by Gasteiger charge is 2.34. The van der Waals surface area contributed by atoms with Gasteiger partial charge in [0.05, 0.1) is 34.1 Å². The molecule has 2 aromatic carbocycles. The number of anilines is 3. The Labute approximate surface area is 320 Å². The van der Waals surface area contributed by atoms with Crippen LogP contribution in [0.1, 0.15) is 62.0 Å². The predicted molar refractivity (Wildman–Crippen MR) is 207 cm³/mol. The number of hydrogen-bond acceptors (Lipinski definition) is 12. The molecular weight excluding hydrogens is 729 g/mol. The van der Waals surface area contributed by atoms with E-state index in [-0.39, 0.29) is 41.8 Å². The van der Waals surface area contributed by atoms with Crippen LogP contribution in [0.2, 0.25) is 0 Å². The van der Waals surface area contributed by atoms with Crippen molar-refractivity contribution in [2.24, 2.45) is 12.8 Å². The molecule has 2 aromatic heterocycles. The van der Waals surface area contributed by atoms with Gasteiger partial charge in [-0.3, -0.25) is 4.68 Å². The van der Waals surface area contributed by atoms with Gasteiger partial charge in [0.2, 0.25) is 16.0 Å². The van der Waals surface area contributed by atoms with Crippen LogP contribution in [0.15, 0.2) is 53.7 Å². The maximum atomic E-state index is 13.9. The average Bonchev–Trinajstić information content (AvgIpc) is 3.78. The highest BCUT2D eigenvalue weighted by Crippen LogP contribution is 2.35. The van der Waals surface area contributed by atoms with Crippen molar-refractivity contribution >= 4 is 38.4 Å². The fourth-order valence-electron chi connectivity index (χ4n) is 8.19. The van der Waals surface area contributed by atoms with E-state index in [4.69, 9.17) is 10.8 Å². The van der Waals surface area contributed by atoms with Gasteiger partial charge in [-0.2, -0.15) is 23.4 Å². The van der Waals surface area contributed by atoms with Gasteiger partial charge in [-0.25, -0.2) is 18.4 Å². The Morgan fingerprint density at radius 1 is 1.02 bits per heavy atom. The molecular formula is C38H49F2N11O3S. The Morgan fingerprint density at radius 2 is 1.78 bits per heavy atom. The van der Waals surface area contributed by atoms with Crippen LogP contribution in [0.25, 0.3) is 10.9 Å². The molecule has 3 fully saturated rings. The number of nitrogens with one attached hydrogen (secondary N) is 2. The summed E-state index contributed by atoms with van der Waals surface area (Å²) < 4.78 is 60.5. The number of nitrogens with zero attached hydrogens (tertiary/aromatic N) is 8. The minimum absolute atomic E-state index is 0.0904. The number of hydrogen-bond donors (Lipinski definition) is 3. The zero-order chi connectivity index (χ0) is 38.5. The summed E-state index contributed by atoms with van der Waals surface area (Å²) in [6, 6.07) is 14.0. The number of aryl methyl sites for hydroxylation is 1. The van der Waals surface area contributed by atoms with Gasteiger partial charge in [-0.15, -0.1) is 0 Å². The van der Waals surface area contributed by atoms with E-state index in [2.05, 4.69) is 59.4 Å². The molecule has 4 N–H and O–H groups in total. The lowest BCUT2D eigenvalue weighted by Gasteiger charge is -2.37. The monoisotopic (exact) mass is 777 g/mol. The number of piperidine rings is 2. The molecule has 1 atom stereocenters. The number of likely N-dealkylation sites (tertiary alicyclic amines) is 1. The van der Waals surface area contributed by atoms with Gasteiger partial charge in [0, 0.05) is 57.2 Å². The smallest absolute Gasteiger partial charge is 0.387 e. The van der Waals surface area contributed by atoms with Crippen molar-refractivity contribution in [3.05, 3.63) is 59.9 Å². The molecule has 0 amide bonds. The van der Waals surface area contributed by atoms with Crippen molar-refractivity contribution in [1.82, 2.24) is 29.0 Å². The van der Waals surface area contributed by atoms with Gasteiger partial charge in [0.1, 0.15) is 6.07 Å². The Morgan fingerprint density at radius 3 is 2.49 bits per heavy atom. The summed E-state index contributed by atoms with van der Waals surface area (Å²) in [5, 5.41) is 22.5. The second-order valence-corrected chi connectivity index (χ2v) is 16.6. The number of fused-ring (bicyclic) bond motifs is 1. The molecule has 0 bridgehead atoms. The summed E-state index contributed by atoms with van der Waals surface area (Å²) in [7, 11) is -1.84. The first-order chi connectivity index (χ1) is 26.6. The minimum atomic E-state index is -3.82. The summed E-state index contributed by atoms with van der Waals surface area (Å²) in [6.45, 7) is 2.62. The molecule has 0 saturated carbocycles. The first-order valence-electron chi connectivity index (χ1n) is 19.1. The zero-order valence-corrected chi connectivity index (χ0v) is 31.9. The molecule has 294 valence electrons. The zero-order valence-electron chi connectivity index (χ0n) is 31.1. The molecule has 3 saturated heterocycles. The number of benzene rings is 2. The van der Waals surface area contributed by atoms with Crippen molar-refractivity contribution in [2.75, 3.05) is 67.9 Å². The second-order valence-electron chi connectivity index (χ2n) is 14.6. The summed E-state index contributed by atoms with van der Waals surface area (Å²) in [4.78, 5) is 13.0. The van der Waals surface area contributed by atoms with E-state index in [1.807, 2.05) is 11.7 Å². The predicted octanol–water partition coefficient (Wildman–Crippen LogP) is 4.71. The second kappa shape index (κ2) is 17.0. The van der Waals surface area contributed by atoms with Gasteiger partial charge in [0.15, 0.2) is 11.6 Å². The third kappa shape index (κ3) is 8.77. The highest BCUT2D eigenvalue weighted by molar-refractivity contribution is 7.89. The number of halogens is 2. The van der Waals surface area contributed by atoms with E-state index < -0.39 is 16.6 Å². The third-order valence-corrected chi connectivity index (χ3v) is 13.0. The minimum Gasteiger partial charge on any atom is -0.432 e.